The van der Waals surface area contributed by atoms with Crippen molar-refractivity contribution in [1.82, 2.24) is 9.80 Å². The van der Waals surface area contributed by atoms with Crippen LogP contribution in [0.4, 0.5) is 10.1 Å². The Kier molecular flexibility index (Phi) is 9.72. The van der Waals surface area contributed by atoms with Crippen molar-refractivity contribution >= 4 is 56.5 Å². The van der Waals surface area contributed by atoms with Gasteiger partial charge in [-0.15, -0.1) is 11.3 Å². The summed E-state index contributed by atoms with van der Waals surface area (Å²) in [5, 5.41) is 14.8. The molecular formula is C36H41ClFN3O7S. The Balaban J connectivity index is 1.03. The van der Waals surface area contributed by atoms with E-state index in [1.807, 2.05) is 38.1 Å². The second-order valence-electron chi connectivity index (χ2n) is 14.1. The summed E-state index contributed by atoms with van der Waals surface area (Å²) in [5.74, 6) is -2.98. The van der Waals surface area contributed by atoms with Gasteiger partial charge in [0.25, 0.3) is 5.91 Å². The zero-order chi connectivity index (χ0) is 34.4. The van der Waals surface area contributed by atoms with E-state index >= 15 is 4.39 Å². The van der Waals surface area contributed by atoms with Gasteiger partial charge in [0.1, 0.15) is 18.0 Å². The SMILES string of the molecule is CC1(C)O[C@H]2CN([C@H]3C[C@@H](CO[C@H]4CC[C@H](C(=O)O)CC4)N(C(=O)Cc4cc(Cl)c(NC(=O)c5csc6ccccc56)cc4F)C3)C[C@H]2O1. The molecule has 0 spiro atoms. The average Bonchev–Trinajstić information content (AvgIpc) is 3.83. The van der Waals surface area contributed by atoms with Gasteiger partial charge in [0, 0.05) is 41.1 Å². The standard InChI is InChI=1S/C36H41ClFN3O7S/c1-36(2)47-30-16-40(17-31(30)48-36)22-13-23(18-46-24-9-7-20(8-10-24)35(44)45)41(15-22)33(42)12-21-11-27(37)29(14-28(21)38)39-34(43)26-19-49-32-6-4-3-5-25(26)32/h3-6,11,14,19-20,22-24,30-31H,7-10,12-13,15-18H2,1-2H3,(H,39,43)(H,44,45)/t20-,22-,23-,24-,30-,31+/m0/s1. The van der Waals surface area contributed by atoms with Crippen LogP contribution in [-0.2, 0) is 30.2 Å². The van der Waals surface area contributed by atoms with E-state index in [0.717, 1.165) is 10.1 Å². The quantitative estimate of drug-likeness (QED) is 0.279. The zero-order valence-electron chi connectivity index (χ0n) is 27.5. The number of rotatable bonds is 9. The van der Waals surface area contributed by atoms with Gasteiger partial charge >= 0.3 is 5.97 Å². The topological polar surface area (TPSA) is 118 Å². The van der Waals surface area contributed by atoms with Crippen LogP contribution in [-0.4, -0.2) is 95.1 Å². The molecule has 2 aromatic carbocycles. The van der Waals surface area contributed by atoms with Crippen molar-refractivity contribution in [2.45, 2.75) is 88.6 Å². The van der Waals surface area contributed by atoms with Gasteiger partial charge in [-0.3, -0.25) is 19.3 Å². The lowest BCUT2D eigenvalue weighted by atomic mass is 9.87. The summed E-state index contributed by atoms with van der Waals surface area (Å²) >= 11 is 8.00. The van der Waals surface area contributed by atoms with Gasteiger partial charge in [0.2, 0.25) is 5.91 Å². The van der Waals surface area contributed by atoms with Gasteiger partial charge in [0.05, 0.1) is 47.4 Å². The van der Waals surface area contributed by atoms with E-state index in [-0.39, 0.29) is 64.9 Å². The maximum absolute atomic E-state index is 15.5. The molecule has 13 heteroatoms. The minimum Gasteiger partial charge on any atom is -0.481 e. The summed E-state index contributed by atoms with van der Waals surface area (Å²) in [6.45, 7) is 6.01. The normalized spacial score (nSPS) is 28.2. The van der Waals surface area contributed by atoms with E-state index in [1.54, 1.807) is 10.3 Å². The smallest absolute Gasteiger partial charge is 0.306 e. The van der Waals surface area contributed by atoms with Gasteiger partial charge in [-0.25, -0.2) is 4.39 Å². The highest BCUT2D eigenvalue weighted by Gasteiger charge is 2.50. The van der Waals surface area contributed by atoms with Crippen LogP contribution >= 0.6 is 22.9 Å². The van der Waals surface area contributed by atoms with Crippen molar-refractivity contribution in [3.8, 4) is 0 Å². The molecule has 0 radical (unpaired) electrons. The highest BCUT2D eigenvalue weighted by molar-refractivity contribution is 7.17. The first-order chi connectivity index (χ1) is 23.4. The highest BCUT2D eigenvalue weighted by Crippen LogP contribution is 2.37. The second-order valence-corrected chi connectivity index (χ2v) is 15.4. The molecule has 4 atom stereocenters. The summed E-state index contributed by atoms with van der Waals surface area (Å²) in [6.07, 6.45) is 2.82. The van der Waals surface area contributed by atoms with Crippen molar-refractivity contribution < 1.29 is 38.1 Å². The number of halogens is 2. The lowest BCUT2D eigenvalue weighted by molar-refractivity contribution is -0.156. The number of hydrogen-bond acceptors (Lipinski definition) is 8. The maximum atomic E-state index is 15.5. The van der Waals surface area contributed by atoms with Crippen LogP contribution in [0.1, 0.15) is 61.9 Å². The predicted octanol–water partition coefficient (Wildman–Crippen LogP) is 5.95. The molecule has 2 amide bonds. The molecule has 3 saturated heterocycles. The third kappa shape index (κ3) is 7.36. The largest absolute Gasteiger partial charge is 0.481 e. The Morgan fingerprint density at radius 2 is 1.80 bits per heavy atom. The summed E-state index contributed by atoms with van der Waals surface area (Å²) < 4.78 is 35.0. The van der Waals surface area contributed by atoms with E-state index in [2.05, 4.69) is 10.2 Å². The lowest BCUT2D eigenvalue weighted by Gasteiger charge is -2.30. The van der Waals surface area contributed by atoms with Crippen molar-refractivity contribution in [3.63, 3.8) is 0 Å². The van der Waals surface area contributed by atoms with E-state index in [1.165, 1.54) is 23.5 Å². The number of nitrogens with zero attached hydrogens (tertiary/aromatic N) is 2. The molecule has 1 saturated carbocycles. The molecule has 4 heterocycles. The van der Waals surface area contributed by atoms with Crippen LogP contribution in [0.2, 0.25) is 5.02 Å². The Hall–Kier alpha value is -3.13. The minimum atomic E-state index is -0.764. The second kappa shape index (κ2) is 13.9. The number of aliphatic carboxylic acids is 1. The predicted molar refractivity (Wildman–Crippen MR) is 184 cm³/mol. The molecule has 3 aliphatic heterocycles. The molecule has 4 aliphatic rings. The molecule has 4 fully saturated rings. The number of carbonyl (C=O) groups excluding carboxylic acids is 2. The highest BCUT2D eigenvalue weighted by atomic mass is 35.5. The Bertz CT molecular complexity index is 1730. The molecule has 2 N–H and O–H groups in total. The monoisotopic (exact) mass is 713 g/mol. The number of benzene rings is 2. The number of ether oxygens (including phenoxy) is 3. The number of fused-ring (bicyclic) bond motifs is 2. The number of carboxylic acid groups (broad SMARTS) is 1. The number of amides is 2. The van der Waals surface area contributed by atoms with E-state index in [4.69, 9.17) is 25.8 Å². The van der Waals surface area contributed by atoms with Crippen molar-refractivity contribution in [2.24, 2.45) is 5.92 Å². The third-order valence-corrected chi connectivity index (χ3v) is 11.6. The average molecular weight is 714 g/mol. The molecule has 10 nitrogen and oxygen atoms in total. The third-order valence-electron chi connectivity index (χ3n) is 10.3. The molecule has 3 aromatic rings. The Morgan fingerprint density at radius 1 is 1.08 bits per heavy atom. The Labute approximate surface area is 293 Å². The number of carbonyl (C=O) groups is 3. The fourth-order valence-corrected chi connectivity index (χ4v) is 9.00. The summed E-state index contributed by atoms with van der Waals surface area (Å²) in [5.41, 5.74) is 0.753. The van der Waals surface area contributed by atoms with E-state index in [0.29, 0.717) is 63.9 Å². The zero-order valence-corrected chi connectivity index (χ0v) is 29.1. The summed E-state index contributed by atoms with van der Waals surface area (Å²) in [7, 11) is 0. The molecule has 0 unspecified atom stereocenters. The molecule has 1 aliphatic carbocycles. The van der Waals surface area contributed by atoms with Gasteiger partial charge in [0.15, 0.2) is 5.79 Å². The lowest BCUT2D eigenvalue weighted by Crippen LogP contribution is -2.42. The van der Waals surface area contributed by atoms with Gasteiger partial charge in [-0.2, -0.15) is 0 Å². The molecule has 7 rings (SSSR count). The number of likely N-dealkylation sites (tertiary alicyclic amines) is 2. The van der Waals surface area contributed by atoms with Crippen LogP contribution in [0.25, 0.3) is 10.1 Å². The number of hydrogen-bond donors (Lipinski definition) is 2. The molecular weight excluding hydrogens is 673 g/mol. The van der Waals surface area contributed by atoms with Crippen molar-refractivity contribution in [1.29, 1.82) is 0 Å². The number of nitrogens with one attached hydrogen (secondary N) is 1. The maximum Gasteiger partial charge on any atom is 0.306 e. The molecule has 262 valence electrons. The summed E-state index contributed by atoms with van der Waals surface area (Å²) in [6, 6.07) is 9.96. The molecule has 0 bridgehead atoms. The van der Waals surface area contributed by atoms with E-state index in [9.17, 15) is 19.5 Å². The first-order valence-electron chi connectivity index (χ1n) is 16.9. The number of anilines is 1. The first-order valence-corrected chi connectivity index (χ1v) is 18.2. The van der Waals surface area contributed by atoms with Crippen molar-refractivity contribution in [2.75, 3.05) is 31.6 Å². The number of thiophene rings is 1. The van der Waals surface area contributed by atoms with Crippen LogP contribution in [0, 0.1) is 11.7 Å². The van der Waals surface area contributed by atoms with Crippen LogP contribution < -0.4 is 5.32 Å². The number of carboxylic acids is 1. The molecule has 49 heavy (non-hydrogen) atoms. The van der Waals surface area contributed by atoms with Crippen molar-refractivity contribution in [3.05, 3.63) is 63.7 Å². The fourth-order valence-electron chi connectivity index (χ4n) is 7.82. The first kappa shape index (κ1) is 34.3. The van der Waals surface area contributed by atoms with Gasteiger partial charge < -0.3 is 29.5 Å². The Morgan fingerprint density at radius 3 is 2.51 bits per heavy atom. The fraction of sp³-hybridized carbons (Fsp3) is 0.528. The van der Waals surface area contributed by atoms with E-state index < -0.39 is 23.5 Å². The summed E-state index contributed by atoms with van der Waals surface area (Å²) in [4.78, 5) is 42.5. The molecule has 1 aromatic heterocycles. The van der Waals surface area contributed by atoms with Crippen LogP contribution in [0.15, 0.2) is 41.8 Å². The van der Waals surface area contributed by atoms with Gasteiger partial charge in [-0.05, 0) is 69.7 Å². The van der Waals surface area contributed by atoms with Crippen LogP contribution in [0.5, 0.6) is 0 Å². The van der Waals surface area contributed by atoms with Gasteiger partial charge in [-0.1, -0.05) is 29.8 Å². The minimum absolute atomic E-state index is 0.0347. The van der Waals surface area contributed by atoms with Crippen LogP contribution in [0.3, 0.4) is 0 Å².